The van der Waals surface area contributed by atoms with Gasteiger partial charge < -0.3 is 26.4 Å². The molecule has 1 saturated heterocycles. The van der Waals surface area contributed by atoms with Crippen LogP contribution >= 0.6 is 0 Å². The number of benzene rings is 1. The Kier molecular flexibility index (Phi) is 5.90. The molecule has 1 fully saturated rings. The van der Waals surface area contributed by atoms with Crippen LogP contribution in [0.2, 0.25) is 0 Å². The summed E-state index contributed by atoms with van der Waals surface area (Å²) in [4.78, 5) is 39.6. The number of nitrogens with two attached hydrogens (primary N) is 2. The highest BCUT2D eigenvalue weighted by Crippen LogP contribution is 2.35. The summed E-state index contributed by atoms with van der Waals surface area (Å²) in [6.45, 7) is 0.376. The van der Waals surface area contributed by atoms with Gasteiger partial charge in [-0.25, -0.2) is 10.3 Å². The molecule has 12 nitrogen and oxygen atoms in total. The lowest BCUT2D eigenvalue weighted by Gasteiger charge is -2.43. The lowest BCUT2D eigenvalue weighted by atomic mass is 9.87. The first kappa shape index (κ1) is 24.2. The number of carbonyl (C=O) groups excluding carboxylic acids is 2. The first-order valence-corrected chi connectivity index (χ1v) is 13.0. The quantitative estimate of drug-likeness (QED) is 0.217. The number of rotatable bonds is 5. The first-order chi connectivity index (χ1) is 18.4. The highest BCUT2D eigenvalue weighted by atomic mass is 16.3. The molecule has 0 saturated carbocycles. The highest BCUT2D eigenvalue weighted by molar-refractivity contribution is 5.96. The maximum absolute atomic E-state index is 13.4. The standard InChI is InChI=1S/C26H31N9O3/c27-24-33-20-18(12-30-23(38)17-10-3-4-11-29-17)32-25(28)35-13-19(21(36)26(20,35)34-24)31-22(37)16-9-5-7-14-6-1-2-8-15(14)16/h3-5,7,9-11,18-21,36H,1-2,6,8,12-13H2,(H2,28,32)(H,30,38)(H,31,37)(H3,27,33,34)/p+1/t18-,19?,20-,21+,26-/m0/s1. The summed E-state index contributed by atoms with van der Waals surface area (Å²) in [5.74, 6) is -0.121. The Bertz CT molecular complexity index is 1330. The lowest BCUT2D eigenvalue weighted by Crippen LogP contribution is -2.88. The molecular formula is C26H32N9O3+. The Morgan fingerprint density at radius 2 is 2.00 bits per heavy atom. The van der Waals surface area contributed by atoms with Gasteiger partial charge in [0.25, 0.3) is 11.8 Å². The summed E-state index contributed by atoms with van der Waals surface area (Å²) in [7, 11) is 0. The van der Waals surface area contributed by atoms with Gasteiger partial charge in [0, 0.05) is 24.8 Å². The van der Waals surface area contributed by atoms with Crippen molar-refractivity contribution in [2.45, 2.75) is 55.6 Å². The first-order valence-electron chi connectivity index (χ1n) is 13.0. The van der Waals surface area contributed by atoms with Crippen LogP contribution in [-0.2, 0) is 12.8 Å². The number of hydrogen-bond acceptors (Lipinski definition) is 9. The fourth-order valence-electron chi connectivity index (χ4n) is 6.31. The fraction of sp³-hybridized carbons (Fsp3) is 0.423. The number of fused-ring (bicyclic) bond motifs is 1. The van der Waals surface area contributed by atoms with E-state index in [9.17, 15) is 14.7 Å². The van der Waals surface area contributed by atoms with Crippen molar-refractivity contribution < 1.29 is 19.7 Å². The number of pyridine rings is 1. The van der Waals surface area contributed by atoms with Gasteiger partial charge in [-0.05, 0) is 55.0 Å². The van der Waals surface area contributed by atoms with Crippen molar-refractivity contribution in [3.8, 4) is 0 Å². The number of nitrogens with zero attached hydrogens (tertiary/aromatic N) is 3. The highest BCUT2D eigenvalue weighted by Gasteiger charge is 2.68. The second-order valence-electron chi connectivity index (χ2n) is 10.3. The monoisotopic (exact) mass is 518 g/mol. The number of aliphatic hydroxyl groups is 1. The average Bonchev–Trinajstić information content (AvgIpc) is 3.43. The van der Waals surface area contributed by atoms with Crippen LogP contribution in [0, 0.1) is 0 Å². The van der Waals surface area contributed by atoms with E-state index in [1.165, 1.54) is 5.56 Å². The minimum atomic E-state index is -1.15. The third kappa shape index (κ3) is 3.83. The molecule has 198 valence electrons. The molecule has 1 aromatic carbocycles. The Hall–Kier alpha value is -4.19. The maximum Gasteiger partial charge on any atom is 0.343 e. The van der Waals surface area contributed by atoms with Gasteiger partial charge in [-0.2, -0.15) is 0 Å². The summed E-state index contributed by atoms with van der Waals surface area (Å²) < 4.78 is 0. The minimum absolute atomic E-state index is 0.137. The topological polar surface area (TPSA) is 185 Å². The number of aromatic nitrogens is 1. The average molecular weight is 519 g/mol. The molecule has 0 bridgehead atoms. The fourth-order valence-corrected chi connectivity index (χ4v) is 6.31. The molecule has 5 atom stereocenters. The Morgan fingerprint density at radius 1 is 1.16 bits per heavy atom. The van der Waals surface area contributed by atoms with E-state index >= 15 is 0 Å². The summed E-state index contributed by atoms with van der Waals surface area (Å²) in [5.41, 5.74) is 14.6. The van der Waals surface area contributed by atoms with Gasteiger partial charge in [0.15, 0.2) is 12.0 Å². The van der Waals surface area contributed by atoms with Crippen LogP contribution in [0.25, 0.3) is 0 Å². The second kappa shape index (κ2) is 9.28. The van der Waals surface area contributed by atoms with Crippen LogP contribution < -0.4 is 32.4 Å². The van der Waals surface area contributed by atoms with Crippen LogP contribution in [-0.4, -0.2) is 81.7 Å². The zero-order valence-corrected chi connectivity index (χ0v) is 20.9. The normalized spacial score (nSPS) is 29.2. The molecule has 12 heteroatoms. The number of nitrogens with one attached hydrogen (secondary N) is 4. The van der Waals surface area contributed by atoms with Crippen LogP contribution in [0.4, 0.5) is 0 Å². The van der Waals surface area contributed by atoms with Crippen LogP contribution in [0.1, 0.15) is 44.8 Å². The molecule has 3 aliphatic heterocycles. The zero-order valence-electron chi connectivity index (χ0n) is 20.9. The molecule has 1 aromatic heterocycles. The van der Waals surface area contributed by atoms with Crippen molar-refractivity contribution in [2.75, 3.05) is 13.1 Å². The smallest absolute Gasteiger partial charge is 0.343 e. The Morgan fingerprint density at radius 3 is 2.82 bits per heavy atom. The zero-order chi connectivity index (χ0) is 26.4. The van der Waals surface area contributed by atoms with E-state index in [2.05, 4.69) is 37.0 Å². The van der Waals surface area contributed by atoms with Crippen molar-refractivity contribution in [2.24, 2.45) is 16.5 Å². The SMILES string of the molecule is NC1=N[C@@H](CNC(=O)c2ccccn2)[C@@H]2[NH+]=C(N)N[C@@]23[C@H](O)C(NC(=O)c2cccc4c2CCCC4)CN13. The largest absolute Gasteiger partial charge is 0.385 e. The predicted molar refractivity (Wildman–Crippen MR) is 139 cm³/mol. The summed E-state index contributed by atoms with van der Waals surface area (Å²) >= 11 is 0. The van der Waals surface area contributed by atoms with Gasteiger partial charge in [0.1, 0.15) is 17.8 Å². The number of aryl methyl sites for hydroxylation is 1. The van der Waals surface area contributed by atoms with Gasteiger partial charge in [-0.1, -0.05) is 18.2 Å². The van der Waals surface area contributed by atoms with Gasteiger partial charge in [-0.15, -0.1) is 0 Å². The predicted octanol–water partition coefficient (Wildman–Crippen LogP) is -3.07. The molecule has 1 aliphatic carbocycles. The van der Waals surface area contributed by atoms with Crippen molar-refractivity contribution in [1.29, 1.82) is 0 Å². The Balaban J connectivity index is 1.22. The third-order valence-corrected chi connectivity index (χ3v) is 8.06. The number of aliphatic hydroxyl groups excluding tert-OH is 1. The van der Waals surface area contributed by atoms with Crippen LogP contribution in [0.3, 0.4) is 0 Å². The molecule has 2 amide bonds. The molecule has 4 heterocycles. The third-order valence-electron chi connectivity index (χ3n) is 8.06. The maximum atomic E-state index is 13.4. The number of aliphatic imine (C=N–C) groups is 1. The molecule has 0 radical (unpaired) electrons. The van der Waals surface area contributed by atoms with E-state index in [0.29, 0.717) is 5.56 Å². The molecule has 2 aromatic rings. The van der Waals surface area contributed by atoms with Crippen LogP contribution in [0.15, 0.2) is 47.6 Å². The lowest BCUT2D eigenvalue weighted by molar-refractivity contribution is -0.513. The summed E-state index contributed by atoms with van der Waals surface area (Å²) in [6.07, 6.45) is 4.48. The molecule has 6 rings (SSSR count). The van der Waals surface area contributed by atoms with E-state index in [0.717, 1.165) is 31.2 Å². The second-order valence-corrected chi connectivity index (χ2v) is 10.3. The van der Waals surface area contributed by atoms with Crippen molar-refractivity contribution in [1.82, 2.24) is 25.8 Å². The van der Waals surface area contributed by atoms with E-state index < -0.39 is 29.9 Å². The van der Waals surface area contributed by atoms with Gasteiger partial charge in [0.05, 0.1) is 6.04 Å². The summed E-state index contributed by atoms with van der Waals surface area (Å²) in [5, 5.41) is 20.7. The van der Waals surface area contributed by atoms with Crippen molar-refractivity contribution >= 4 is 23.7 Å². The van der Waals surface area contributed by atoms with E-state index in [1.807, 2.05) is 12.1 Å². The van der Waals surface area contributed by atoms with Gasteiger partial charge >= 0.3 is 5.96 Å². The molecule has 1 spiro atoms. The number of hydrogen-bond donors (Lipinski definition) is 7. The van der Waals surface area contributed by atoms with Crippen molar-refractivity contribution in [3.63, 3.8) is 0 Å². The van der Waals surface area contributed by atoms with Gasteiger partial charge in [0.2, 0.25) is 5.66 Å². The van der Waals surface area contributed by atoms with Crippen LogP contribution in [0.5, 0.6) is 0 Å². The molecule has 4 aliphatic rings. The molecule has 9 N–H and O–H groups in total. The van der Waals surface area contributed by atoms with Gasteiger partial charge in [-0.3, -0.25) is 25.3 Å². The minimum Gasteiger partial charge on any atom is -0.385 e. The van der Waals surface area contributed by atoms with E-state index in [-0.39, 0.29) is 42.5 Å². The summed E-state index contributed by atoms with van der Waals surface area (Å²) in [6, 6.07) is 9.21. The number of amides is 2. The number of carbonyl (C=O) groups is 2. The van der Waals surface area contributed by atoms with E-state index in [1.54, 1.807) is 29.3 Å². The number of guanidine groups is 2. The molecule has 1 unspecified atom stereocenters. The Labute approximate surface area is 219 Å². The van der Waals surface area contributed by atoms with E-state index in [4.69, 9.17) is 11.5 Å². The molecule has 38 heavy (non-hydrogen) atoms. The molecular weight excluding hydrogens is 486 g/mol. The van der Waals surface area contributed by atoms with Crippen molar-refractivity contribution in [3.05, 3.63) is 65.0 Å².